The fourth-order valence-corrected chi connectivity index (χ4v) is 3.54. The topological polar surface area (TPSA) is 140 Å². The molecule has 6 N–H and O–H groups in total. The summed E-state index contributed by atoms with van der Waals surface area (Å²) in [5.74, 6) is -0.117. The number of aromatic amines is 1. The number of carbonyl (C=O) groups is 1. The molecule has 192 valence electrons. The summed E-state index contributed by atoms with van der Waals surface area (Å²) < 4.78 is 20.0. The highest BCUT2D eigenvalue weighted by Gasteiger charge is 2.14. The molecule has 0 aliphatic rings. The zero-order valence-electron chi connectivity index (χ0n) is 20.0. The van der Waals surface area contributed by atoms with E-state index in [4.69, 9.17) is 9.84 Å². The van der Waals surface area contributed by atoms with Gasteiger partial charge in [-0.2, -0.15) is 0 Å². The lowest BCUT2D eigenvalue weighted by Gasteiger charge is -2.13. The van der Waals surface area contributed by atoms with Crippen LogP contribution in [0.4, 0.5) is 10.1 Å². The van der Waals surface area contributed by atoms with E-state index in [0.29, 0.717) is 34.0 Å². The maximum atomic E-state index is 14.0. The van der Waals surface area contributed by atoms with E-state index in [1.165, 1.54) is 6.07 Å². The van der Waals surface area contributed by atoms with Gasteiger partial charge in [0.2, 0.25) is 0 Å². The fraction of sp³-hybridized carbons (Fsp3) is 0.185. The van der Waals surface area contributed by atoms with Crippen LogP contribution in [0, 0.1) is 12.7 Å². The number of aryl methyl sites for hydroxylation is 1. The van der Waals surface area contributed by atoms with Crippen molar-refractivity contribution in [2.24, 2.45) is 0 Å². The zero-order chi connectivity index (χ0) is 26.4. The van der Waals surface area contributed by atoms with Gasteiger partial charge >= 0.3 is 0 Å². The Balaban J connectivity index is 1.44. The van der Waals surface area contributed by atoms with Gasteiger partial charge in [0, 0.05) is 36.1 Å². The summed E-state index contributed by atoms with van der Waals surface area (Å²) in [4.78, 5) is 20.1. The van der Waals surface area contributed by atoms with Gasteiger partial charge in [-0.1, -0.05) is 12.1 Å². The Morgan fingerprint density at radius 3 is 2.73 bits per heavy atom. The van der Waals surface area contributed by atoms with E-state index in [0.717, 1.165) is 5.56 Å². The predicted octanol–water partition coefficient (Wildman–Crippen LogP) is 3.50. The summed E-state index contributed by atoms with van der Waals surface area (Å²) >= 11 is 0. The van der Waals surface area contributed by atoms with E-state index < -0.39 is 30.7 Å². The lowest BCUT2D eigenvalue weighted by atomic mass is 10.1. The number of rotatable bonds is 10. The number of anilines is 1. The molecule has 2 aromatic carbocycles. The first-order valence-electron chi connectivity index (χ1n) is 11.5. The molecule has 4 aromatic rings. The molecule has 2 aromatic heterocycles. The minimum absolute atomic E-state index is 0.0246. The molecular weight excluding hydrogens is 479 g/mol. The van der Waals surface area contributed by atoms with E-state index in [2.05, 4.69) is 20.6 Å². The van der Waals surface area contributed by atoms with Gasteiger partial charge in [0.15, 0.2) is 0 Å². The molecule has 0 radical (unpaired) electrons. The van der Waals surface area contributed by atoms with E-state index in [9.17, 15) is 19.4 Å². The number of aliphatic hydroxyl groups excluding tert-OH is 3. The van der Waals surface area contributed by atoms with Crippen LogP contribution in [-0.2, 0) is 0 Å². The van der Waals surface area contributed by atoms with Crippen LogP contribution in [0.3, 0.4) is 0 Å². The molecule has 0 saturated carbocycles. The summed E-state index contributed by atoms with van der Waals surface area (Å²) in [6.45, 7) is 1.43. The average Bonchev–Trinajstić information content (AvgIpc) is 3.40. The molecule has 0 aliphatic heterocycles. The number of carbonyl (C=O) groups excluding carboxylic acids is 1. The Morgan fingerprint density at radius 1 is 1.11 bits per heavy atom. The summed E-state index contributed by atoms with van der Waals surface area (Å²) in [5.41, 5.74) is 2.92. The van der Waals surface area contributed by atoms with Crippen molar-refractivity contribution in [3.05, 3.63) is 95.6 Å². The first-order chi connectivity index (χ1) is 17.8. The second kappa shape index (κ2) is 11.8. The van der Waals surface area contributed by atoms with Crippen LogP contribution in [0.15, 0.2) is 73.1 Å². The third-order valence-electron chi connectivity index (χ3n) is 5.49. The van der Waals surface area contributed by atoms with E-state index in [1.807, 2.05) is 6.92 Å². The first-order valence-corrected chi connectivity index (χ1v) is 11.5. The standard InChI is InChI=1S/C27H27FN4O5/c1-16-5-6-22(28)23(9-16)32-27(36)17-3-2-4-20(10-17)37-21-7-8-29-25(12-21)24-11-18(13-30-24)26(35)31-14-19(34)15-33/h2-13,19,26,30-31,33-35H,14-15H2,1H3,(H,32,36). The smallest absolute Gasteiger partial charge is 0.255 e. The number of hydrogen-bond donors (Lipinski definition) is 6. The molecule has 0 spiro atoms. The van der Waals surface area contributed by atoms with Crippen molar-refractivity contribution in [1.29, 1.82) is 0 Å². The molecule has 0 saturated heterocycles. The molecule has 2 heterocycles. The number of aliphatic hydroxyl groups is 3. The number of ether oxygens (including phenoxy) is 1. The van der Waals surface area contributed by atoms with E-state index >= 15 is 0 Å². The Labute approximate surface area is 212 Å². The number of nitrogens with zero attached hydrogens (tertiary/aromatic N) is 1. The molecule has 10 heteroatoms. The Kier molecular flexibility index (Phi) is 8.26. The highest BCUT2D eigenvalue weighted by Crippen LogP contribution is 2.27. The minimum Gasteiger partial charge on any atom is -0.457 e. The number of hydrogen-bond acceptors (Lipinski definition) is 7. The van der Waals surface area contributed by atoms with Crippen molar-refractivity contribution < 1.29 is 29.2 Å². The van der Waals surface area contributed by atoms with Crippen LogP contribution >= 0.6 is 0 Å². The van der Waals surface area contributed by atoms with Crippen molar-refractivity contribution in [3.63, 3.8) is 0 Å². The lowest BCUT2D eigenvalue weighted by Crippen LogP contribution is -2.32. The third kappa shape index (κ3) is 6.78. The number of amides is 1. The van der Waals surface area contributed by atoms with Gasteiger partial charge in [0.25, 0.3) is 5.91 Å². The molecule has 2 unspecified atom stereocenters. The van der Waals surface area contributed by atoms with Gasteiger partial charge in [-0.15, -0.1) is 0 Å². The molecule has 1 amide bonds. The van der Waals surface area contributed by atoms with E-state index in [1.54, 1.807) is 67.0 Å². The summed E-state index contributed by atoms with van der Waals surface area (Å²) in [5, 5.41) is 33.9. The highest BCUT2D eigenvalue weighted by atomic mass is 19.1. The maximum Gasteiger partial charge on any atom is 0.255 e. The summed E-state index contributed by atoms with van der Waals surface area (Å²) in [6, 6.07) is 16.1. The molecule has 2 atom stereocenters. The summed E-state index contributed by atoms with van der Waals surface area (Å²) in [7, 11) is 0. The lowest BCUT2D eigenvalue weighted by molar-refractivity contribution is 0.0669. The quantitative estimate of drug-likeness (QED) is 0.181. The first kappa shape index (κ1) is 26.0. The molecule has 37 heavy (non-hydrogen) atoms. The predicted molar refractivity (Wildman–Crippen MR) is 136 cm³/mol. The Hall–Kier alpha value is -4.09. The van der Waals surface area contributed by atoms with Gasteiger partial charge in [-0.3, -0.25) is 15.1 Å². The molecule has 0 aliphatic carbocycles. The van der Waals surface area contributed by atoms with Crippen LogP contribution in [0.2, 0.25) is 0 Å². The average molecular weight is 507 g/mol. The van der Waals surface area contributed by atoms with E-state index in [-0.39, 0.29) is 12.2 Å². The van der Waals surface area contributed by atoms with Crippen molar-refractivity contribution in [2.75, 3.05) is 18.5 Å². The third-order valence-corrected chi connectivity index (χ3v) is 5.49. The van der Waals surface area contributed by atoms with Crippen LogP contribution in [0.5, 0.6) is 11.5 Å². The normalized spacial score (nSPS) is 12.7. The van der Waals surface area contributed by atoms with Gasteiger partial charge < -0.3 is 30.4 Å². The second-order valence-electron chi connectivity index (χ2n) is 8.44. The SMILES string of the molecule is Cc1ccc(F)c(NC(=O)c2cccc(Oc3ccnc(-c4cc(C(O)NCC(O)CO)c[nH]4)c3)c2)c1. The number of benzene rings is 2. The largest absolute Gasteiger partial charge is 0.457 e. The van der Waals surface area contributed by atoms with Crippen molar-refractivity contribution in [3.8, 4) is 22.9 Å². The molecule has 0 bridgehead atoms. The number of H-pyrrole nitrogens is 1. The maximum absolute atomic E-state index is 14.0. The van der Waals surface area contributed by atoms with Gasteiger partial charge in [0.1, 0.15) is 23.5 Å². The number of halogens is 1. The summed E-state index contributed by atoms with van der Waals surface area (Å²) in [6.07, 6.45) is 1.14. The molecule has 4 rings (SSSR count). The van der Waals surface area contributed by atoms with Crippen LogP contribution in [0.25, 0.3) is 11.4 Å². The van der Waals surface area contributed by atoms with Crippen LogP contribution in [0.1, 0.15) is 27.7 Å². The van der Waals surface area contributed by atoms with Crippen molar-refractivity contribution in [2.45, 2.75) is 19.3 Å². The van der Waals surface area contributed by atoms with Crippen molar-refractivity contribution >= 4 is 11.6 Å². The van der Waals surface area contributed by atoms with Crippen LogP contribution in [-0.4, -0.2) is 50.5 Å². The Bertz CT molecular complexity index is 1380. The number of aromatic nitrogens is 2. The van der Waals surface area contributed by atoms with Gasteiger partial charge in [-0.25, -0.2) is 4.39 Å². The monoisotopic (exact) mass is 506 g/mol. The number of nitrogens with one attached hydrogen (secondary N) is 3. The second-order valence-corrected chi connectivity index (χ2v) is 8.44. The number of pyridine rings is 1. The highest BCUT2D eigenvalue weighted by molar-refractivity contribution is 6.04. The molecule has 9 nitrogen and oxygen atoms in total. The zero-order valence-corrected chi connectivity index (χ0v) is 20.0. The Morgan fingerprint density at radius 2 is 1.92 bits per heavy atom. The van der Waals surface area contributed by atoms with Gasteiger partial charge in [-0.05, 0) is 55.0 Å². The fourth-order valence-electron chi connectivity index (χ4n) is 3.54. The minimum atomic E-state index is -1.05. The molecular formula is C27H27FN4O5. The van der Waals surface area contributed by atoms with Crippen LogP contribution < -0.4 is 15.4 Å². The van der Waals surface area contributed by atoms with Crippen molar-refractivity contribution in [1.82, 2.24) is 15.3 Å². The molecule has 0 fully saturated rings. The van der Waals surface area contributed by atoms with Gasteiger partial charge in [0.05, 0.1) is 29.8 Å².